The highest BCUT2D eigenvalue weighted by molar-refractivity contribution is 6.30. The number of ether oxygens (including phenoxy) is 1. The largest absolute Gasteiger partial charge is 0.378 e. The summed E-state index contributed by atoms with van der Waals surface area (Å²) in [5, 5.41) is 1.14. The van der Waals surface area contributed by atoms with Crippen LogP contribution in [0.5, 0.6) is 0 Å². The molecule has 3 aliphatic heterocycles. The molecule has 3 saturated heterocycles. The van der Waals surface area contributed by atoms with Crippen molar-refractivity contribution < 1.29 is 18.7 Å². The molecular formula is C31H34ClFN4O3. The number of benzene rings is 2. The van der Waals surface area contributed by atoms with Gasteiger partial charge in [-0.25, -0.2) is 9.37 Å². The van der Waals surface area contributed by atoms with Gasteiger partial charge in [0.2, 0.25) is 5.91 Å². The molecule has 0 aliphatic carbocycles. The van der Waals surface area contributed by atoms with Crippen LogP contribution in [-0.4, -0.2) is 90.0 Å². The van der Waals surface area contributed by atoms with E-state index in [0.717, 1.165) is 44.3 Å². The van der Waals surface area contributed by atoms with Crippen LogP contribution in [0.3, 0.4) is 0 Å². The number of rotatable bonds is 4. The maximum atomic E-state index is 14.2. The highest BCUT2D eigenvalue weighted by Gasteiger charge is 2.35. The summed E-state index contributed by atoms with van der Waals surface area (Å²) in [6.07, 6.45) is 3.66. The number of halogens is 2. The lowest BCUT2D eigenvalue weighted by molar-refractivity contribution is -0.141. The molecule has 9 heteroatoms. The van der Waals surface area contributed by atoms with Crippen LogP contribution in [0.1, 0.15) is 36.0 Å². The van der Waals surface area contributed by atoms with Gasteiger partial charge in [-0.3, -0.25) is 14.5 Å². The Balaban J connectivity index is 1.16. The fourth-order valence-corrected chi connectivity index (χ4v) is 6.46. The Morgan fingerprint density at radius 3 is 2.40 bits per heavy atom. The first kappa shape index (κ1) is 27.1. The van der Waals surface area contributed by atoms with Crippen LogP contribution in [0.2, 0.25) is 5.02 Å². The molecule has 0 saturated carbocycles. The van der Waals surface area contributed by atoms with Crippen molar-refractivity contribution in [3.05, 3.63) is 64.9 Å². The van der Waals surface area contributed by atoms with Gasteiger partial charge < -0.3 is 14.5 Å². The molecule has 210 valence electrons. The number of hydrogen-bond acceptors (Lipinski definition) is 5. The van der Waals surface area contributed by atoms with Crippen LogP contribution >= 0.6 is 11.6 Å². The number of pyridine rings is 1. The van der Waals surface area contributed by atoms with Crippen molar-refractivity contribution in [2.24, 2.45) is 5.92 Å². The molecule has 0 bridgehead atoms. The van der Waals surface area contributed by atoms with Crippen molar-refractivity contribution in [1.82, 2.24) is 19.7 Å². The minimum Gasteiger partial charge on any atom is -0.378 e. The highest BCUT2D eigenvalue weighted by Crippen LogP contribution is 2.30. The minimum atomic E-state index is -0.396. The molecule has 0 unspecified atom stereocenters. The number of amides is 2. The second kappa shape index (κ2) is 11.8. The zero-order chi connectivity index (χ0) is 27.6. The molecule has 3 aromatic rings. The van der Waals surface area contributed by atoms with Gasteiger partial charge >= 0.3 is 0 Å². The number of hydrogen-bond donors (Lipinski definition) is 0. The van der Waals surface area contributed by atoms with Gasteiger partial charge in [0.05, 0.1) is 35.9 Å². The lowest BCUT2D eigenvalue weighted by Crippen LogP contribution is -2.53. The van der Waals surface area contributed by atoms with Crippen LogP contribution in [0, 0.1) is 11.7 Å². The molecule has 40 heavy (non-hydrogen) atoms. The SMILES string of the molecule is O=C(c1cc(-c2ccc(Cl)cc2)nc2ccc(F)cc12)N1CCC(N2CCC[C@@H](C(=O)N3CCOCC3)C2)CC1. The van der Waals surface area contributed by atoms with Crippen LogP contribution in [0.25, 0.3) is 22.2 Å². The summed E-state index contributed by atoms with van der Waals surface area (Å²) >= 11 is 6.07. The third-order valence-electron chi connectivity index (χ3n) is 8.53. The summed E-state index contributed by atoms with van der Waals surface area (Å²) < 4.78 is 19.7. The summed E-state index contributed by atoms with van der Waals surface area (Å²) in [7, 11) is 0. The predicted molar refractivity (Wildman–Crippen MR) is 153 cm³/mol. The number of carbonyl (C=O) groups excluding carboxylic acids is 2. The summed E-state index contributed by atoms with van der Waals surface area (Å²) in [5.41, 5.74) is 2.53. The Morgan fingerprint density at radius 2 is 1.65 bits per heavy atom. The van der Waals surface area contributed by atoms with E-state index in [1.807, 2.05) is 21.9 Å². The van der Waals surface area contributed by atoms with Crippen molar-refractivity contribution in [3.63, 3.8) is 0 Å². The molecule has 3 aliphatic rings. The van der Waals surface area contributed by atoms with E-state index in [4.69, 9.17) is 21.3 Å². The van der Waals surface area contributed by atoms with Gasteiger partial charge in [-0.05, 0) is 68.6 Å². The molecule has 1 aromatic heterocycles. The van der Waals surface area contributed by atoms with E-state index in [1.165, 1.54) is 12.1 Å². The fourth-order valence-electron chi connectivity index (χ4n) is 6.33. The average Bonchev–Trinajstić information content (AvgIpc) is 3.01. The molecule has 2 aromatic carbocycles. The quantitative estimate of drug-likeness (QED) is 0.452. The standard InChI is InChI=1S/C31H34ClFN4O3/c32-23-5-3-21(4-6-23)29-19-27(26-18-24(33)7-8-28(26)34-29)31(39)35-12-9-25(10-13-35)37-11-1-2-22(20-37)30(38)36-14-16-40-17-15-36/h3-8,18-19,22,25H,1-2,9-17,20H2/t22-/m1/s1. The first-order chi connectivity index (χ1) is 19.5. The lowest BCUT2D eigenvalue weighted by atomic mass is 9.92. The Morgan fingerprint density at radius 1 is 0.900 bits per heavy atom. The normalized spacial score (nSPS) is 21.1. The number of carbonyl (C=O) groups is 2. The van der Waals surface area contributed by atoms with Crippen LogP contribution in [-0.2, 0) is 9.53 Å². The summed E-state index contributed by atoms with van der Waals surface area (Å²) in [6, 6.07) is 13.8. The predicted octanol–water partition coefficient (Wildman–Crippen LogP) is 4.87. The maximum Gasteiger partial charge on any atom is 0.254 e. The van der Waals surface area contributed by atoms with Gasteiger partial charge in [-0.15, -0.1) is 0 Å². The Labute approximate surface area is 238 Å². The van der Waals surface area contributed by atoms with E-state index in [0.29, 0.717) is 72.6 Å². The molecule has 1 atom stereocenters. The van der Waals surface area contributed by atoms with E-state index in [9.17, 15) is 14.0 Å². The monoisotopic (exact) mass is 564 g/mol. The van der Waals surface area contributed by atoms with Crippen LogP contribution in [0.4, 0.5) is 4.39 Å². The van der Waals surface area contributed by atoms with E-state index in [1.54, 1.807) is 24.3 Å². The first-order valence-electron chi connectivity index (χ1n) is 14.2. The van der Waals surface area contributed by atoms with Gasteiger partial charge in [0, 0.05) is 54.7 Å². The van der Waals surface area contributed by atoms with Gasteiger partial charge in [0.1, 0.15) is 5.82 Å². The van der Waals surface area contributed by atoms with Gasteiger partial charge in [0.15, 0.2) is 0 Å². The first-order valence-corrected chi connectivity index (χ1v) is 14.6. The Hall–Kier alpha value is -3.07. The number of nitrogens with zero attached hydrogens (tertiary/aromatic N) is 4. The average molecular weight is 565 g/mol. The number of fused-ring (bicyclic) bond motifs is 1. The Kier molecular flexibility index (Phi) is 8.01. The van der Waals surface area contributed by atoms with Crippen molar-refractivity contribution in [3.8, 4) is 11.3 Å². The van der Waals surface area contributed by atoms with Crippen molar-refractivity contribution in [2.75, 3.05) is 52.5 Å². The molecule has 4 heterocycles. The van der Waals surface area contributed by atoms with Crippen LogP contribution in [0.15, 0.2) is 48.5 Å². The third kappa shape index (κ3) is 5.71. The number of piperidine rings is 2. The maximum absolute atomic E-state index is 14.2. The minimum absolute atomic E-state index is 0.0379. The number of aromatic nitrogens is 1. The van der Waals surface area contributed by atoms with Gasteiger partial charge in [0.25, 0.3) is 5.91 Å². The molecule has 7 nitrogen and oxygen atoms in total. The Bertz CT molecular complexity index is 1390. The van der Waals surface area contributed by atoms with E-state index < -0.39 is 5.82 Å². The number of likely N-dealkylation sites (tertiary alicyclic amines) is 2. The van der Waals surface area contributed by atoms with Crippen molar-refractivity contribution in [1.29, 1.82) is 0 Å². The second-order valence-electron chi connectivity index (χ2n) is 11.0. The molecular weight excluding hydrogens is 531 g/mol. The van der Waals surface area contributed by atoms with E-state index in [-0.39, 0.29) is 17.7 Å². The third-order valence-corrected chi connectivity index (χ3v) is 8.79. The molecule has 2 amide bonds. The van der Waals surface area contributed by atoms with E-state index in [2.05, 4.69) is 4.90 Å². The second-order valence-corrected chi connectivity index (χ2v) is 11.5. The van der Waals surface area contributed by atoms with Crippen molar-refractivity contribution in [2.45, 2.75) is 31.7 Å². The lowest BCUT2D eigenvalue weighted by Gasteiger charge is -2.43. The van der Waals surface area contributed by atoms with E-state index >= 15 is 0 Å². The highest BCUT2D eigenvalue weighted by atomic mass is 35.5. The molecule has 0 spiro atoms. The summed E-state index contributed by atoms with van der Waals surface area (Å²) in [6.45, 7) is 5.63. The zero-order valence-corrected chi connectivity index (χ0v) is 23.3. The molecule has 0 radical (unpaired) electrons. The molecule has 0 N–H and O–H groups in total. The number of morpholine rings is 1. The van der Waals surface area contributed by atoms with Gasteiger partial charge in [-0.2, -0.15) is 0 Å². The topological polar surface area (TPSA) is 66.0 Å². The fraction of sp³-hybridized carbons (Fsp3) is 0.452. The molecule has 6 rings (SSSR count). The van der Waals surface area contributed by atoms with Crippen LogP contribution < -0.4 is 0 Å². The summed E-state index contributed by atoms with van der Waals surface area (Å²) in [5.74, 6) is -0.206. The summed E-state index contributed by atoms with van der Waals surface area (Å²) in [4.78, 5) is 38.0. The molecule has 3 fully saturated rings. The smallest absolute Gasteiger partial charge is 0.254 e. The zero-order valence-electron chi connectivity index (χ0n) is 22.5. The van der Waals surface area contributed by atoms with Gasteiger partial charge in [-0.1, -0.05) is 23.7 Å². The van der Waals surface area contributed by atoms with Crippen molar-refractivity contribution >= 4 is 34.3 Å².